The van der Waals surface area contributed by atoms with Crippen molar-refractivity contribution in [2.24, 2.45) is 0 Å². The van der Waals surface area contributed by atoms with Crippen LogP contribution in [0.25, 0.3) is 0 Å². The lowest BCUT2D eigenvalue weighted by atomic mass is 10.1. The predicted octanol–water partition coefficient (Wildman–Crippen LogP) is 4.42. The van der Waals surface area contributed by atoms with Gasteiger partial charge in [-0.15, -0.1) is 11.8 Å². The van der Waals surface area contributed by atoms with Crippen LogP contribution in [0, 0.1) is 13.8 Å². The lowest BCUT2D eigenvalue weighted by molar-refractivity contribution is -0.115. The predicted molar refractivity (Wildman–Crippen MR) is 86.3 cm³/mol. The van der Waals surface area contributed by atoms with E-state index in [2.05, 4.69) is 5.32 Å². The third-order valence-electron chi connectivity index (χ3n) is 3.15. The first-order valence-corrected chi connectivity index (χ1v) is 7.54. The van der Waals surface area contributed by atoms with Crippen LogP contribution in [-0.4, -0.2) is 11.2 Å². The molecule has 0 unspecified atom stereocenters. The fraction of sp³-hybridized carbons (Fsp3) is 0.235. The Labute approximate surface area is 124 Å². The van der Waals surface area contributed by atoms with Crippen molar-refractivity contribution in [3.63, 3.8) is 0 Å². The number of anilines is 1. The summed E-state index contributed by atoms with van der Waals surface area (Å²) in [6, 6.07) is 16.0. The molecule has 0 aliphatic rings. The molecule has 0 saturated heterocycles. The minimum atomic E-state index is -0.128. The van der Waals surface area contributed by atoms with Gasteiger partial charge in [-0.25, -0.2) is 0 Å². The summed E-state index contributed by atoms with van der Waals surface area (Å²) in [5.41, 5.74) is 3.11. The van der Waals surface area contributed by atoms with Gasteiger partial charge >= 0.3 is 0 Å². The zero-order chi connectivity index (χ0) is 14.5. The molecule has 1 atom stereocenters. The van der Waals surface area contributed by atoms with Gasteiger partial charge in [0, 0.05) is 10.6 Å². The summed E-state index contributed by atoms with van der Waals surface area (Å²) >= 11 is 1.57. The number of hydrogen-bond acceptors (Lipinski definition) is 2. The summed E-state index contributed by atoms with van der Waals surface area (Å²) in [4.78, 5) is 13.4. The average Bonchev–Trinajstić information content (AvgIpc) is 2.44. The minimum Gasteiger partial charge on any atom is -0.325 e. The highest BCUT2D eigenvalue weighted by Crippen LogP contribution is 2.25. The van der Waals surface area contributed by atoms with Crippen molar-refractivity contribution in [2.45, 2.75) is 30.9 Å². The van der Waals surface area contributed by atoms with Gasteiger partial charge in [-0.05, 0) is 44.0 Å². The summed E-state index contributed by atoms with van der Waals surface area (Å²) in [5, 5.41) is 2.91. The highest BCUT2D eigenvalue weighted by atomic mass is 32.2. The second-order valence-corrected chi connectivity index (χ2v) is 6.24. The lowest BCUT2D eigenvalue weighted by Gasteiger charge is -2.15. The molecule has 0 spiro atoms. The molecule has 2 aromatic carbocycles. The highest BCUT2D eigenvalue weighted by molar-refractivity contribution is 8.00. The van der Waals surface area contributed by atoms with Crippen LogP contribution in [0.3, 0.4) is 0 Å². The van der Waals surface area contributed by atoms with E-state index in [9.17, 15) is 4.79 Å². The van der Waals surface area contributed by atoms with Gasteiger partial charge in [-0.3, -0.25) is 4.79 Å². The molecular formula is C17H19NOS. The number of carbonyl (C=O) groups is 1. The minimum absolute atomic E-state index is 0.0382. The van der Waals surface area contributed by atoms with Gasteiger partial charge in [0.2, 0.25) is 5.91 Å². The van der Waals surface area contributed by atoms with Crippen LogP contribution in [0.5, 0.6) is 0 Å². The quantitative estimate of drug-likeness (QED) is 0.842. The van der Waals surface area contributed by atoms with Crippen molar-refractivity contribution in [3.05, 3.63) is 59.7 Å². The molecule has 1 amide bonds. The topological polar surface area (TPSA) is 29.1 Å². The summed E-state index contributed by atoms with van der Waals surface area (Å²) < 4.78 is 0. The number of nitrogens with one attached hydrogen (secondary N) is 1. The maximum Gasteiger partial charge on any atom is 0.237 e. The molecule has 2 nitrogen and oxygen atoms in total. The smallest absolute Gasteiger partial charge is 0.237 e. The summed E-state index contributed by atoms with van der Waals surface area (Å²) in [6.07, 6.45) is 0. The van der Waals surface area contributed by atoms with Gasteiger partial charge in [0.05, 0.1) is 5.25 Å². The molecule has 0 aliphatic carbocycles. The van der Waals surface area contributed by atoms with Gasteiger partial charge in [-0.1, -0.05) is 36.4 Å². The molecule has 0 fully saturated rings. The van der Waals surface area contributed by atoms with Gasteiger partial charge in [-0.2, -0.15) is 0 Å². The average molecular weight is 285 g/mol. The van der Waals surface area contributed by atoms with Crippen LogP contribution in [-0.2, 0) is 4.79 Å². The van der Waals surface area contributed by atoms with E-state index in [-0.39, 0.29) is 11.2 Å². The normalized spacial score (nSPS) is 11.9. The van der Waals surface area contributed by atoms with Crippen molar-refractivity contribution >= 4 is 23.4 Å². The second kappa shape index (κ2) is 6.62. The van der Waals surface area contributed by atoms with Crippen molar-refractivity contribution < 1.29 is 4.79 Å². The van der Waals surface area contributed by atoms with E-state index in [1.165, 1.54) is 0 Å². The zero-order valence-electron chi connectivity index (χ0n) is 12.0. The number of rotatable bonds is 4. The van der Waals surface area contributed by atoms with Crippen LogP contribution < -0.4 is 5.32 Å². The van der Waals surface area contributed by atoms with E-state index in [0.717, 1.165) is 21.7 Å². The van der Waals surface area contributed by atoms with E-state index in [0.29, 0.717) is 0 Å². The number of aryl methyl sites for hydroxylation is 2. The van der Waals surface area contributed by atoms with Crippen LogP contribution >= 0.6 is 11.8 Å². The fourth-order valence-corrected chi connectivity index (χ4v) is 2.88. The second-order valence-electron chi connectivity index (χ2n) is 4.83. The van der Waals surface area contributed by atoms with Crippen molar-refractivity contribution in [3.8, 4) is 0 Å². The van der Waals surface area contributed by atoms with Crippen LogP contribution in [0.15, 0.2) is 53.4 Å². The maximum absolute atomic E-state index is 12.3. The Balaban J connectivity index is 2.05. The monoisotopic (exact) mass is 285 g/mol. The number of amides is 1. The number of thioether (sulfide) groups is 1. The Bertz CT molecular complexity index is 575. The molecule has 0 aromatic heterocycles. The Morgan fingerprint density at radius 1 is 1.00 bits per heavy atom. The van der Waals surface area contributed by atoms with E-state index in [1.54, 1.807) is 11.8 Å². The van der Waals surface area contributed by atoms with Crippen LogP contribution in [0.1, 0.15) is 18.1 Å². The molecule has 0 heterocycles. The molecule has 0 bridgehead atoms. The molecule has 104 valence electrons. The summed E-state index contributed by atoms with van der Waals surface area (Å²) in [6.45, 7) is 5.95. The Morgan fingerprint density at radius 3 is 2.20 bits per heavy atom. The van der Waals surface area contributed by atoms with Crippen LogP contribution in [0.4, 0.5) is 5.69 Å². The van der Waals surface area contributed by atoms with Crippen LogP contribution in [0.2, 0.25) is 0 Å². The van der Waals surface area contributed by atoms with Crippen molar-refractivity contribution in [1.29, 1.82) is 0 Å². The largest absolute Gasteiger partial charge is 0.325 e. The molecular weight excluding hydrogens is 266 g/mol. The molecule has 0 saturated carbocycles. The maximum atomic E-state index is 12.3. The summed E-state index contributed by atoms with van der Waals surface area (Å²) in [5.74, 6) is 0.0382. The molecule has 2 rings (SSSR count). The number of hydrogen-bond donors (Lipinski definition) is 1. The Kier molecular flexibility index (Phi) is 4.85. The standard InChI is InChI=1S/C17H19NOS/c1-12-8-7-9-13(2)16(12)18-17(19)14(3)20-15-10-5-4-6-11-15/h4-11,14H,1-3H3,(H,18,19)/t14-/m1/s1. The number of benzene rings is 2. The fourth-order valence-electron chi connectivity index (χ4n) is 1.99. The zero-order valence-corrected chi connectivity index (χ0v) is 12.8. The molecule has 3 heteroatoms. The van der Waals surface area contributed by atoms with Crippen molar-refractivity contribution in [1.82, 2.24) is 0 Å². The highest BCUT2D eigenvalue weighted by Gasteiger charge is 2.16. The summed E-state index contributed by atoms with van der Waals surface area (Å²) in [7, 11) is 0. The number of para-hydroxylation sites is 1. The molecule has 0 radical (unpaired) electrons. The first-order valence-electron chi connectivity index (χ1n) is 6.66. The molecule has 20 heavy (non-hydrogen) atoms. The first-order chi connectivity index (χ1) is 9.58. The van der Waals surface area contributed by atoms with E-state index in [4.69, 9.17) is 0 Å². The number of carbonyl (C=O) groups excluding carboxylic acids is 1. The van der Waals surface area contributed by atoms with E-state index >= 15 is 0 Å². The molecule has 1 N–H and O–H groups in total. The van der Waals surface area contributed by atoms with Crippen molar-refractivity contribution in [2.75, 3.05) is 5.32 Å². The Hall–Kier alpha value is -1.74. The van der Waals surface area contributed by atoms with E-state index in [1.807, 2.05) is 69.3 Å². The van der Waals surface area contributed by atoms with Gasteiger partial charge in [0.15, 0.2) is 0 Å². The SMILES string of the molecule is Cc1cccc(C)c1NC(=O)[C@@H](C)Sc1ccccc1. The third kappa shape index (κ3) is 3.64. The van der Waals surface area contributed by atoms with E-state index < -0.39 is 0 Å². The van der Waals surface area contributed by atoms with Gasteiger partial charge in [0.25, 0.3) is 0 Å². The van der Waals surface area contributed by atoms with Gasteiger partial charge < -0.3 is 5.32 Å². The molecule has 2 aromatic rings. The molecule has 0 aliphatic heterocycles. The van der Waals surface area contributed by atoms with Gasteiger partial charge in [0.1, 0.15) is 0 Å². The lowest BCUT2D eigenvalue weighted by Crippen LogP contribution is -2.23. The Morgan fingerprint density at radius 2 is 1.60 bits per heavy atom. The third-order valence-corrected chi connectivity index (χ3v) is 4.27. The first kappa shape index (κ1) is 14.7.